The highest BCUT2D eigenvalue weighted by Crippen LogP contribution is 2.19. The Morgan fingerprint density at radius 2 is 1.67 bits per heavy atom. The Labute approximate surface area is 192 Å². The van der Waals surface area contributed by atoms with Crippen molar-refractivity contribution in [2.45, 2.75) is 44.7 Å². The van der Waals surface area contributed by atoms with Crippen LogP contribution in [0.2, 0.25) is 0 Å². The molecule has 0 unspecified atom stereocenters. The van der Waals surface area contributed by atoms with Gasteiger partial charge in [-0.15, -0.1) is 0 Å². The third-order valence-corrected chi connectivity index (χ3v) is 6.81. The van der Waals surface area contributed by atoms with Crippen molar-refractivity contribution in [1.29, 1.82) is 0 Å². The lowest BCUT2D eigenvalue weighted by Crippen LogP contribution is -2.50. The molecule has 2 rings (SSSR count). The number of benzene rings is 1. The van der Waals surface area contributed by atoms with Crippen LogP contribution in [0, 0.1) is 5.92 Å². The zero-order chi connectivity index (χ0) is 25.2. The number of halogens is 3. The number of aryl methyl sites for hydroxylation is 1. The van der Waals surface area contributed by atoms with Crippen LogP contribution in [-0.4, -0.2) is 80.1 Å². The van der Waals surface area contributed by atoms with Crippen LogP contribution in [0.3, 0.4) is 0 Å². The van der Waals surface area contributed by atoms with Crippen LogP contribution in [0.4, 0.5) is 13.2 Å². The first-order valence-electron chi connectivity index (χ1n) is 10.7. The SMILES string of the molecule is CCc1ccc(S(=O)(=O)N(CCC(C)C)CC(=O)N2CCNCC2)cc1.O=C(O)C(F)(F)F. The van der Waals surface area contributed by atoms with Crippen LogP contribution in [0.1, 0.15) is 32.8 Å². The Balaban J connectivity index is 0.000000675. The van der Waals surface area contributed by atoms with Crippen molar-refractivity contribution in [2.75, 3.05) is 39.3 Å². The lowest BCUT2D eigenvalue weighted by Gasteiger charge is -2.30. The molecule has 1 heterocycles. The molecule has 1 aliphatic heterocycles. The minimum atomic E-state index is -5.08. The molecule has 188 valence electrons. The highest BCUT2D eigenvalue weighted by molar-refractivity contribution is 7.89. The zero-order valence-corrected chi connectivity index (χ0v) is 19.9. The monoisotopic (exact) mass is 495 g/mol. The van der Waals surface area contributed by atoms with Gasteiger partial charge in [0.1, 0.15) is 0 Å². The van der Waals surface area contributed by atoms with Crippen LogP contribution in [0.25, 0.3) is 0 Å². The minimum absolute atomic E-state index is 0.0927. The number of aliphatic carboxylic acids is 1. The maximum atomic E-state index is 13.1. The van der Waals surface area contributed by atoms with Crippen molar-refractivity contribution in [1.82, 2.24) is 14.5 Å². The molecule has 1 fully saturated rings. The largest absolute Gasteiger partial charge is 0.490 e. The van der Waals surface area contributed by atoms with E-state index in [-0.39, 0.29) is 17.3 Å². The second-order valence-electron chi connectivity index (χ2n) is 7.95. The van der Waals surface area contributed by atoms with Gasteiger partial charge in [0.05, 0.1) is 11.4 Å². The predicted molar refractivity (Wildman–Crippen MR) is 117 cm³/mol. The molecule has 1 aromatic rings. The smallest absolute Gasteiger partial charge is 0.475 e. The fourth-order valence-electron chi connectivity index (χ4n) is 2.90. The average Bonchev–Trinajstić information content (AvgIpc) is 2.76. The second-order valence-corrected chi connectivity index (χ2v) is 9.89. The van der Waals surface area contributed by atoms with Crippen molar-refractivity contribution < 1.29 is 36.3 Å². The van der Waals surface area contributed by atoms with Gasteiger partial charge < -0.3 is 15.3 Å². The molecular formula is C21H32F3N3O5S. The van der Waals surface area contributed by atoms with Gasteiger partial charge in [0.25, 0.3) is 0 Å². The second kappa shape index (κ2) is 12.9. The summed E-state index contributed by atoms with van der Waals surface area (Å²) in [5.41, 5.74) is 1.09. The minimum Gasteiger partial charge on any atom is -0.475 e. The number of nitrogens with zero attached hydrogens (tertiary/aromatic N) is 2. The number of amides is 1. The lowest BCUT2D eigenvalue weighted by atomic mass is 10.1. The van der Waals surface area contributed by atoms with Gasteiger partial charge in [-0.2, -0.15) is 17.5 Å². The van der Waals surface area contributed by atoms with Gasteiger partial charge in [-0.1, -0.05) is 32.9 Å². The number of piperazine rings is 1. The molecule has 0 saturated carbocycles. The molecule has 0 atom stereocenters. The molecule has 12 heteroatoms. The van der Waals surface area contributed by atoms with Gasteiger partial charge in [0, 0.05) is 32.7 Å². The molecule has 2 N–H and O–H groups in total. The Kier molecular flexibility index (Phi) is 11.3. The van der Waals surface area contributed by atoms with Crippen molar-refractivity contribution in [3.05, 3.63) is 29.8 Å². The summed E-state index contributed by atoms with van der Waals surface area (Å²) < 4.78 is 59.3. The van der Waals surface area contributed by atoms with Gasteiger partial charge >= 0.3 is 12.1 Å². The highest BCUT2D eigenvalue weighted by atomic mass is 32.2. The summed E-state index contributed by atoms with van der Waals surface area (Å²) in [6.07, 6.45) is -3.50. The molecule has 0 aliphatic carbocycles. The van der Waals surface area contributed by atoms with E-state index in [2.05, 4.69) is 19.2 Å². The molecule has 0 bridgehead atoms. The summed E-state index contributed by atoms with van der Waals surface area (Å²) in [6, 6.07) is 6.97. The van der Waals surface area contributed by atoms with Gasteiger partial charge in [-0.05, 0) is 36.5 Å². The van der Waals surface area contributed by atoms with E-state index < -0.39 is 22.2 Å². The summed E-state index contributed by atoms with van der Waals surface area (Å²) in [5.74, 6) is -2.51. The molecule has 0 spiro atoms. The van der Waals surface area contributed by atoms with E-state index in [1.165, 1.54) is 4.31 Å². The summed E-state index contributed by atoms with van der Waals surface area (Å²) in [5, 5.41) is 10.3. The highest BCUT2D eigenvalue weighted by Gasteiger charge is 2.38. The van der Waals surface area contributed by atoms with Crippen molar-refractivity contribution in [2.24, 2.45) is 5.92 Å². The Morgan fingerprint density at radius 3 is 2.09 bits per heavy atom. The van der Waals surface area contributed by atoms with E-state index in [0.717, 1.165) is 31.5 Å². The lowest BCUT2D eigenvalue weighted by molar-refractivity contribution is -0.192. The maximum absolute atomic E-state index is 13.1. The molecule has 8 nitrogen and oxygen atoms in total. The van der Waals surface area contributed by atoms with E-state index in [9.17, 15) is 26.4 Å². The summed E-state index contributed by atoms with van der Waals surface area (Å²) >= 11 is 0. The number of alkyl halides is 3. The topological polar surface area (TPSA) is 107 Å². The van der Waals surface area contributed by atoms with Gasteiger partial charge in [-0.25, -0.2) is 13.2 Å². The van der Waals surface area contributed by atoms with Gasteiger partial charge in [-0.3, -0.25) is 4.79 Å². The zero-order valence-electron chi connectivity index (χ0n) is 19.1. The van der Waals surface area contributed by atoms with Gasteiger partial charge in [0.15, 0.2) is 0 Å². The quantitative estimate of drug-likeness (QED) is 0.574. The first kappa shape index (κ1) is 28.9. The first-order chi connectivity index (χ1) is 15.3. The standard InChI is InChI=1S/C19H31N3O3S.C2HF3O2/c1-4-17-5-7-18(8-6-17)26(24,25)22(12-9-16(2)3)15-19(23)21-13-10-20-11-14-21;3-2(4,5)1(6)7/h5-8,16,20H,4,9-15H2,1-3H3;(H,6,7). The van der Waals surface area contributed by atoms with Crippen LogP contribution in [0.15, 0.2) is 29.2 Å². The molecule has 1 aromatic carbocycles. The molecule has 1 amide bonds. The Hall–Kier alpha value is -2.18. The number of hydrogen-bond donors (Lipinski definition) is 2. The van der Waals surface area contributed by atoms with E-state index >= 15 is 0 Å². The van der Waals surface area contributed by atoms with Crippen LogP contribution < -0.4 is 5.32 Å². The summed E-state index contributed by atoms with van der Waals surface area (Å²) in [4.78, 5) is 23.5. The van der Waals surface area contributed by atoms with Crippen molar-refractivity contribution >= 4 is 21.9 Å². The number of carboxylic acid groups (broad SMARTS) is 1. The van der Waals surface area contributed by atoms with E-state index in [4.69, 9.17) is 9.90 Å². The molecule has 1 aliphatic rings. The van der Waals surface area contributed by atoms with Crippen LogP contribution in [0.5, 0.6) is 0 Å². The van der Waals surface area contributed by atoms with E-state index in [0.29, 0.717) is 25.6 Å². The number of rotatable bonds is 8. The van der Waals surface area contributed by atoms with Crippen LogP contribution >= 0.6 is 0 Å². The van der Waals surface area contributed by atoms with E-state index in [1.54, 1.807) is 17.0 Å². The number of sulfonamides is 1. The van der Waals surface area contributed by atoms with Crippen LogP contribution in [-0.2, 0) is 26.0 Å². The number of carboxylic acids is 1. The Bertz CT molecular complexity index is 868. The fourth-order valence-corrected chi connectivity index (χ4v) is 4.30. The summed E-state index contributed by atoms with van der Waals surface area (Å²) in [6.45, 7) is 9.16. The Morgan fingerprint density at radius 1 is 1.15 bits per heavy atom. The van der Waals surface area contributed by atoms with E-state index in [1.807, 2.05) is 19.1 Å². The third kappa shape index (κ3) is 9.68. The number of carbonyl (C=O) groups excluding carboxylic acids is 1. The molecule has 0 aromatic heterocycles. The normalized spacial score (nSPS) is 14.7. The number of hydrogen-bond acceptors (Lipinski definition) is 5. The number of carbonyl (C=O) groups is 2. The van der Waals surface area contributed by atoms with Crippen molar-refractivity contribution in [3.8, 4) is 0 Å². The first-order valence-corrected chi connectivity index (χ1v) is 12.1. The summed E-state index contributed by atoms with van der Waals surface area (Å²) in [7, 11) is -3.69. The molecule has 1 saturated heterocycles. The third-order valence-electron chi connectivity index (χ3n) is 4.95. The molecule has 33 heavy (non-hydrogen) atoms. The maximum Gasteiger partial charge on any atom is 0.490 e. The number of nitrogens with one attached hydrogen (secondary N) is 1. The fraction of sp³-hybridized carbons (Fsp3) is 0.619. The van der Waals surface area contributed by atoms with Crippen molar-refractivity contribution in [3.63, 3.8) is 0 Å². The molecular weight excluding hydrogens is 463 g/mol. The predicted octanol–water partition coefficient (Wildman–Crippen LogP) is 2.35. The average molecular weight is 496 g/mol. The van der Waals surface area contributed by atoms with Gasteiger partial charge in [0.2, 0.25) is 15.9 Å². The molecule has 0 radical (unpaired) electrons.